The lowest BCUT2D eigenvalue weighted by atomic mass is 9.63. The van der Waals surface area contributed by atoms with Gasteiger partial charge in [0.1, 0.15) is 5.82 Å². The first-order chi connectivity index (χ1) is 15.1. The Hall–Kier alpha value is -3.21. The van der Waals surface area contributed by atoms with E-state index in [0.29, 0.717) is 5.56 Å². The average molecular weight is 416 g/mol. The van der Waals surface area contributed by atoms with Gasteiger partial charge < -0.3 is 9.80 Å². The molecule has 1 aromatic heterocycles. The smallest absolute Gasteiger partial charge is 0.255 e. The van der Waals surface area contributed by atoms with Crippen LogP contribution in [0.3, 0.4) is 0 Å². The number of aromatic nitrogens is 1. The Bertz CT molecular complexity index is 1090. The fourth-order valence-corrected chi connectivity index (χ4v) is 5.24. The first-order valence-corrected chi connectivity index (χ1v) is 10.8. The second-order valence-electron chi connectivity index (χ2n) is 8.77. The molecule has 2 saturated heterocycles. The van der Waals surface area contributed by atoms with Crippen LogP contribution in [0.5, 0.6) is 0 Å². The van der Waals surface area contributed by atoms with E-state index in [-0.39, 0.29) is 23.2 Å². The van der Waals surface area contributed by atoms with Crippen molar-refractivity contribution in [2.75, 3.05) is 24.5 Å². The second kappa shape index (κ2) is 7.80. The van der Waals surface area contributed by atoms with Gasteiger partial charge in [-0.25, -0.2) is 4.39 Å². The minimum Gasteiger partial charge on any atom is -0.363 e. The van der Waals surface area contributed by atoms with Crippen LogP contribution in [0.15, 0.2) is 73.1 Å². The van der Waals surface area contributed by atoms with Gasteiger partial charge in [0.2, 0.25) is 0 Å². The Morgan fingerprint density at radius 2 is 1.84 bits per heavy atom. The maximum atomic E-state index is 13.9. The van der Waals surface area contributed by atoms with Crippen molar-refractivity contribution in [2.24, 2.45) is 5.41 Å². The number of carbonyl (C=O) groups excluding carboxylic acids is 1. The van der Waals surface area contributed by atoms with E-state index in [1.165, 1.54) is 11.6 Å². The molecular weight excluding hydrogens is 389 g/mol. The molecule has 31 heavy (non-hydrogen) atoms. The molecule has 1 amide bonds. The summed E-state index contributed by atoms with van der Waals surface area (Å²) in [7, 11) is 0. The number of halogens is 1. The van der Waals surface area contributed by atoms with Gasteiger partial charge in [0.25, 0.3) is 5.91 Å². The lowest BCUT2D eigenvalue weighted by Gasteiger charge is -2.61. The minimum atomic E-state index is -0.211. The molecule has 2 aliphatic rings. The van der Waals surface area contributed by atoms with Crippen molar-refractivity contribution in [3.05, 3.63) is 95.6 Å². The van der Waals surface area contributed by atoms with Crippen LogP contribution in [0, 0.1) is 18.2 Å². The van der Waals surface area contributed by atoms with Gasteiger partial charge in [0.15, 0.2) is 0 Å². The monoisotopic (exact) mass is 415 g/mol. The number of pyridine rings is 1. The Labute approximate surface area is 182 Å². The van der Waals surface area contributed by atoms with Crippen molar-refractivity contribution in [2.45, 2.75) is 25.8 Å². The Morgan fingerprint density at radius 3 is 2.55 bits per heavy atom. The molecule has 0 N–H and O–H groups in total. The summed E-state index contributed by atoms with van der Waals surface area (Å²) in [6, 6.07) is 19.4. The van der Waals surface area contributed by atoms with Gasteiger partial charge >= 0.3 is 0 Å². The molecule has 5 heteroatoms. The highest BCUT2D eigenvalue weighted by molar-refractivity contribution is 5.95. The van der Waals surface area contributed by atoms with Crippen LogP contribution in [0.2, 0.25) is 0 Å². The molecular formula is C26H26FN3O. The predicted octanol–water partition coefficient (Wildman–Crippen LogP) is 5.01. The molecule has 1 atom stereocenters. The summed E-state index contributed by atoms with van der Waals surface area (Å²) < 4.78 is 13.9. The number of aryl methyl sites for hydroxylation is 1. The van der Waals surface area contributed by atoms with Crippen LogP contribution in [0.25, 0.3) is 0 Å². The average Bonchev–Trinajstić information content (AvgIpc) is 2.78. The van der Waals surface area contributed by atoms with E-state index in [4.69, 9.17) is 0 Å². The van der Waals surface area contributed by atoms with Gasteiger partial charge in [-0.1, -0.05) is 36.4 Å². The number of likely N-dealkylation sites (tertiary alicyclic amines) is 1. The fourth-order valence-electron chi connectivity index (χ4n) is 5.24. The number of anilines is 1. The van der Waals surface area contributed by atoms with E-state index >= 15 is 0 Å². The number of piperidine rings is 1. The van der Waals surface area contributed by atoms with Gasteiger partial charge in [0.05, 0.1) is 11.6 Å². The summed E-state index contributed by atoms with van der Waals surface area (Å²) >= 11 is 0. The number of amides is 1. The summed E-state index contributed by atoms with van der Waals surface area (Å²) in [5.41, 5.74) is 3.91. The summed E-state index contributed by atoms with van der Waals surface area (Å²) in [6.45, 7) is 4.29. The molecule has 1 spiro atoms. The van der Waals surface area contributed by atoms with Crippen LogP contribution >= 0.6 is 0 Å². The molecule has 0 saturated carbocycles. The van der Waals surface area contributed by atoms with Gasteiger partial charge in [-0.05, 0) is 55.2 Å². The zero-order valence-corrected chi connectivity index (χ0v) is 17.7. The van der Waals surface area contributed by atoms with E-state index in [1.54, 1.807) is 24.5 Å². The lowest BCUT2D eigenvalue weighted by Crippen LogP contribution is -2.62. The first kappa shape index (κ1) is 19.7. The zero-order chi connectivity index (χ0) is 21.4. The summed E-state index contributed by atoms with van der Waals surface area (Å²) in [5.74, 6) is -0.143. The van der Waals surface area contributed by atoms with Gasteiger partial charge in [0, 0.05) is 43.1 Å². The molecule has 4 nitrogen and oxygen atoms in total. The number of carbonyl (C=O) groups is 1. The highest BCUT2D eigenvalue weighted by Crippen LogP contribution is 2.56. The number of nitrogens with zero attached hydrogens (tertiary/aromatic N) is 3. The third-order valence-electron chi connectivity index (χ3n) is 6.95. The van der Waals surface area contributed by atoms with Crippen LogP contribution in [-0.4, -0.2) is 35.4 Å². The second-order valence-corrected chi connectivity index (χ2v) is 8.77. The third kappa shape index (κ3) is 3.48. The molecule has 3 aromatic rings. The molecule has 0 bridgehead atoms. The standard InChI is InChI=1S/C26H26FN3O/c1-19-10-13-28-17-23(19)25(31)29-14-11-26(12-15-29)18-30(22-9-5-8-21(27)16-22)24(26)20-6-3-2-4-7-20/h2-10,13,16-17,24H,11-12,14-15,18H2,1H3. The summed E-state index contributed by atoms with van der Waals surface area (Å²) in [6.07, 6.45) is 5.26. The Balaban J connectivity index is 1.38. The molecule has 2 aliphatic heterocycles. The Morgan fingerprint density at radius 1 is 1.06 bits per heavy atom. The van der Waals surface area contributed by atoms with Crippen molar-refractivity contribution in [3.63, 3.8) is 0 Å². The normalized spacial score (nSPS) is 19.9. The maximum Gasteiger partial charge on any atom is 0.255 e. The van der Waals surface area contributed by atoms with Gasteiger partial charge in [-0.2, -0.15) is 0 Å². The number of hydrogen-bond acceptors (Lipinski definition) is 3. The highest BCUT2D eigenvalue weighted by Gasteiger charge is 2.54. The molecule has 5 rings (SSSR count). The van der Waals surface area contributed by atoms with Crippen LogP contribution in [0.4, 0.5) is 10.1 Å². The van der Waals surface area contributed by atoms with E-state index in [2.05, 4.69) is 34.1 Å². The molecule has 3 heterocycles. The van der Waals surface area contributed by atoms with E-state index in [9.17, 15) is 9.18 Å². The van der Waals surface area contributed by atoms with Crippen molar-refractivity contribution in [1.29, 1.82) is 0 Å². The molecule has 0 radical (unpaired) electrons. The van der Waals surface area contributed by atoms with Gasteiger partial charge in [-0.15, -0.1) is 0 Å². The van der Waals surface area contributed by atoms with Crippen molar-refractivity contribution >= 4 is 11.6 Å². The molecule has 2 aromatic carbocycles. The topological polar surface area (TPSA) is 36.4 Å². The van der Waals surface area contributed by atoms with E-state index in [0.717, 1.165) is 43.7 Å². The van der Waals surface area contributed by atoms with Gasteiger partial charge in [-0.3, -0.25) is 9.78 Å². The molecule has 158 valence electrons. The van der Waals surface area contributed by atoms with Crippen molar-refractivity contribution in [1.82, 2.24) is 9.88 Å². The van der Waals surface area contributed by atoms with Crippen LogP contribution < -0.4 is 4.90 Å². The quantitative estimate of drug-likeness (QED) is 0.603. The lowest BCUT2D eigenvalue weighted by molar-refractivity contribution is 0.0270. The Kier molecular flexibility index (Phi) is 4.97. The number of rotatable bonds is 3. The third-order valence-corrected chi connectivity index (χ3v) is 6.95. The molecule has 2 fully saturated rings. The number of hydrogen-bond donors (Lipinski definition) is 0. The summed E-state index contributed by atoms with van der Waals surface area (Å²) in [5, 5.41) is 0. The van der Waals surface area contributed by atoms with Crippen molar-refractivity contribution in [3.8, 4) is 0 Å². The van der Waals surface area contributed by atoms with Crippen LogP contribution in [0.1, 0.15) is 40.4 Å². The van der Waals surface area contributed by atoms with Crippen molar-refractivity contribution < 1.29 is 9.18 Å². The number of benzene rings is 2. The minimum absolute atomic E-state index is 0.0676. The zero-order valence-electron chi connectivity index (χ0n) is 17.7. The fraction of sp³-hybridized carbons (Fsp3) is 0.308. The summed E-state index contributed by atoms with van der Waals surface area (Å²) in [4.78, 5) is 21.4. The maximum absolute atomic E-state index is 13.9. The highest BCUT2D eigenvalue weighted by atomic mass is 19.1. The SMILES string of the molecule is Cc1ccncc1C(=O)N1CCC2(CC1)CN(c1cccc(F)c1)C2c1ccccc1. The van der Waals surface area contributed by atoms with E-state index in [1.807, 2.05) is 30.0 Å². The molecule has 1 unspecified atom stereocenters. The first-order valence-electron chi connectivity index (χ1n) is 10.8. The predicted molar refractivity (Wildman–Crippen MR) is 119 cm³/mol. The molecule has 0 aliphatic carbocycles. The van der Waals surface area contributed by atoms with E-state index < -0.39 is 0 Å². The largest absolute Gasteiger partial charge is 0.363 e. The van der Waals surface area contributed by atoms with Crippen LogP contribution in [-0.2, 0) is 0 Å².